The third-order valence-electron chi connectivity index (χ3n) is 7.69. The molecule has 3 aromatic rings. The van der Waals surface area contributed by atoms with E-state index in [0.29, 0.717) is 42.3 Å². The Morgan fingerprint density at radius 3 is 2.31 bits per heavy atom. The van der Waals surface area contributed by atoms with Crippen LogP contribution in [-0.2, 0) is 37.1 Å². The number of fused-ring (bicyclic) bond motifs is 3. The summed E-state index contributed by atoms with van der Waals surface area (Å²) in [7, 11) is 0. The highest BCUT2D eigenvalue weighted by molar-refractivity contribution is 5.92. The Morgan fingerprint density at radius 2 is 1.62 bits per heavy atom. The van der Waals surface area contributed by atoms with Crippen molar-refractivity contribution in [1.82, 2.24) is 9.97 Å². The lowest BCUT2D eigenvalue weighted by molar-refractivity contribution is -0.115. The van der Waals surface area contributed by atoms with Crippen molar-refractivity contribution in [2.75, 3.05) is 5.32 Å². The molecule has 39 heavy (non-hydrogen) atoms. The lowest BCUT2D eigenvalue weighted by Gasteiger charge is -2.24. The molecule has 2 aliphatic rings. The Hall–Kier alpha value is -3.40. The summed E-state index contributed by atoms with van der Waals surface area (Å²) in [6.45, 7) is -0.0769. The fourth-order valence-corrected chi connectivity index (χ4v) is 5.56. The lowest BCUT2D eigenvalue weighted by Crippen LogP contribution is -2.22. The van der Waals surface area contributed by atoms with Crippen molar-refractivity contribution >= 4 is 11.7 Å². The predicted molar refractivity (Wildman–Crippen MR) is 134 cm³/mol. The van der Waals surface area contributed by atoms with E-state index < -0.39 is 47.0 Å². The number of hydrogen-bond donors (Lipinski definition) is 2. The van der Waals surface area contributed by atoms with Crippen molar-refractivity contribution in [3.63, 3.8) is 0 Å². The zero-order valence-electron chi connectivity index (χ0n) is 21.2. The van der Waals surface area contributed by atoms with E-state index in [1.807, 2.05) is 18.2 Å². The summed E-state index contributed by atoms with van der Waals surface area (Å²) >= 11 is 0. The van der Waals surface area contributed by atoms with Crippen LogP contribution < -0.4 is 5.32 Å². The van der Waals surface area contributed by atoms with Crippen LogP contribution in [0.15, 0.2) is 18.2 Å². The van der Waals surface area contributed by atoms with Crippen LogP contribution in [0, 0.1) is 35.0 Å². The minimum atomic E-state index is -2.27. The van der Waals surface area contributed by atoms with Gasteiger partial charge in [0.05, 0.1) is 30.1 Å². The molecule has 1 saturated carbocycles. The van der Waals surface area contributed by atoms with E-state index in [1.165, 1.54) is 6.42 Å². The molecule has 2 aromatic carbocycles. The summed E-state index contributed by atoms with van der Waals surface area (Å²) < 4.78 is 69.1. The second-order valence-electron chi connectivity index (χ2n) is 10.3. The first-order valence-corrected chi connectivity index (χ1v) is 13.2. The molecule has 2 N–H and O–H groups in total. The Kier molecular flexibility index (Phi) is 7.93. The third kappa shape index (κ3) is 5.52. The van der Waals surface area contributed by atoms with E-state index in [-0.39, 0.29) is 12.4 Å². The largest absolute Gasteiger partial charge is 0.392 e. The minimum Gasteiger partial charge on any atom is -0.392 e. The zero-order valence-corrected chi connectivity index (χ0v) is 21.2. The van der Waals surface area contributed by atoms with Crippen molar-refractivity contribution in [2.24, 2.45) is 5.92 Å². The highest BCUT2D eigenvalue weighted by Crippen LogP contribution is 2.35. The molecule has 0 radical (unpaired) electrons. The number of halogens is 5. The molecule has 206 valence electrons. The number of aliphatic hydroxyl groups is 1. The molecule has 1 aromatic heterocycles. The number of benzene rings is 2. The van der Waals surface area contributed by atoms with Crippen LogP contribution in [0.25, 0.3) is 11.3 Å². The molecule has 5 nitrogen and oxygen atoms in total. The van der Waals surface area contributed by atoms with Crippen molar-refractivity contribution in [2.45, 2.75) is 70.8 Å². The van der Waals surface area contributed by atoms with E-state index >= 15 is 0 Å². The number of nitrogens with zero attached hydrogens (tertiary/aromatic N) is 2. The second-order valence-corrected chi connectivity index (χ2v) is 10.3. The summed E-state index contributed by atoms with van der Waals surface area (Å²) in [6, 6.07) is 5.64. The maximum Gasteiger partial charge on any atom is 0.230 e. The van der Waals surface area contributed by atoms with Crippen molar-refractivity contribution in [3.05, 3.63) is 75.4 Å². The average molecular weight is 546 g/mol. The number of carbonyl (C=O) groups excluding carboxylic acids is 1. The van der Waals surface area contributed by atoms with Gasteiger partial charge in [-0.15, -0.1) is 0 Å². The molecule has 0 atom stereocenters. The standard InChI is InChI=1S/C29H28F5N3O2/c30-23-19(24(31)26(33)27(34)25(23)32)13-22(39)37-29-21(10-7-15-4-2-1-3-5-15)35-28-18-9-6-16(14-38)12-17(18)8-11-20(28)36-29/h6,9,12,15,38H,1-5,7-8,10-11,13-14H2,(H,36,37,39). The Morgan fingerprint density at radius 1 is 0.923 bits per heavy atom. The summed E-state index contributed by atoms with van der Waals surface area (Å²) in [6.07, 6.45) is 7.18. The van der Waals surface area contributed by atoms with Crippen LogP contribution in [0.4, 0.5) is 27.8 Å². The first kappa shape index (κ1) is 27.2. The summed E-state index contributed by atoms with van der Waals surface area (Å²) in [4.78, 5) is 22.3. The fraction of sp³-hybridized carbons (Fsp3) is 0.414. The highest BCUT2D eigenvalue weighted by atomic mass is 19.2. The summed E-state index contributed by atoms with van der Waals surface area (Å²) in [5.41, 5.74) is 3.32. The van der Waals surface area contributed by atoms with E-state index in [0.717, 1.165) is 48.8 Å². The van der Waals surface area contributed by atoms with Crippen LogP contribution >= 0.6 is 0 Å². The summed E-state index contributed by atoms with van der Waals surface area (Å²) in [5, 5.41) is 12.0. The van der Waals surface area contributed by atoms with Gasteiger partial charge in [-0.2, -0.15) is 0 Å². The van der Waals surface area contributed by atoms with Crippen LogP contribution in [0.3, 0.4) is 0 Å². The van der Waals surface area contributed by atoms with Gasteiger partial charge in [-0.25, -0.2) is 31.9 Å². The molecule has 5 rings (SSSR count). The molecule has 1 amide bonds. The number of rotatable bonds is 7. The molecule has 0 unspecified atom stereocenters. The zero-order chi connectivity index (χ0) is 27.7. The highest BCUT2D eigenvalue weighted by Gasteiger charge is 2.28. The fourth-order valence-electron chi connectivity index (χ4n) is 5.56. The first-order chi connectivity index (χ1) is 18.8. The van der Waals surface area contributed by atoms with E-state index in [1.54, 1.807) is 0 Å². The average Bonchev–Trinajstić information content (AvgIpc) is 2.96. The number of nitrogens with one attached hydrogen (secondary N) is 1. The molecular formula is C29H28F5N3O2. The quantitative estimate of drug-likeness (QED) is 0.213. The van der Waals surface area contributed by atoms with Gasteiger partial charge in [-0.1, -0.05) is 50.3 Å². The Bertz CT molecular complexity index is 1390. The third-order valence-corrected chi connectivity index (χ3v) is 7.69. The van der Waals surface area contributed by atoms with Gasteiger partial charge in [0.1, 0.15) is 0 Å². The Balaban J connectivity index is 1.46. The normalized spacial score (nSPS) is 15.1. The molecule has 2 aliphatic carbocycles. The molecule has 0 spiro atoms. The number of aryl methyl sites for hydroxylation is 3. The summed E-state index contributed by atoms with van der Waals surface area (Å²) in [5.74, 6) is -10.9. The minimum absolute atomic E-state index is 0.0769. The topological polar surface area (TPSA) is 75.1 Å². The predicted octanol–water partition coefficient (Wildman–Crippen LogP) is 6.12. The van der Waals surface area contributed by atoms with Gasteiger partial charge in [0, 0.05) is 11.1 Å². The molecule has 0 aliphatic heterocycles. The van der Waals surface area contributed by atoms with Crippen molar-refractivity contribution in [1.29, 1.82) is 0 Å². The van der Waals surface area contributed by atoms with Crippen molar-refractivity contribution in [3.8, 4) is 11.3 Å². The van der Waals surface area contributed by atoms with Crippen LogP contribution in [-0.4, -0.2) is 21.0 Å². The maximum absolute atomic E-state index is 14.2. The second kappa shape index (κ2) is 11.4. The van der Waals surface area contributed by atoms with Gasteiger partial charge in [0.2, 0.25) is 11.7 Å². The van der Waals surface area contributed by atoms with Crippen LogP contribution in [0.5, 0.6) is 0 Å². The Labute approximate surface area is 222 Å². The number of hydrogen-bond acceptors (Lipinski definition) is 4. The maximum atomic E-state index is 14.2. The first-order valence-electron chi connectivity index (χ1n) is 13.2. The monoisotopic (exact) mass is 545 g/mol. The van der Waals surface area contributed by atoms with Gasteiger partial charge >= 0.3 is 0 Å². The van der Waals surface area contributed by atoms with Gasteiger partial charge in [-0.05, 0) is 42.7 Å². The number of anilines is 1. The number of aliphatic hydroxyl groups excluding tert-OH is 1. The number of carbonyl (C=O) groups is 1. The number of aromatic nitrogens is 2. The van der Waals surface area contributed by atoms with Crippen molar-refractivity contribution < 1.29 is 31.9 Å². The molecular weight excluding hydrogens is 517 g/mol. The lowest BCUT2D eigenvalue weighted by atomic mass is 9.85. The smallest absolute Gasteiger partial charge is 0.230 e. The molecule has 0 bridgehead atoms. The molecule has 0 saturated heterocycles. The van der Waals surface area contributed by atoms with E-state index in [9.17, 15) is 31.9 Å². The van der Waals surface area contributed by atoms with E-state index in [2.05, 4.69) is 10.3 Å². The van der Waals surface area contributed by atoms with Gasteiger partial charge in [0.15, 0.2) is 29.1 Å². The molecule has 10 heteroatoms. The van der Waals surface area contributed by atoms with Gasteiger partial charge < -0.3 is 10.4 Å². The van der Waals surface area contributed by atoms with Gasteiger partial charge in [0.25, 0.3) is 0 Å². The van der Waals surface area contributed by atoms with Crippen LogP contribution in [0.1, 0.15) is 66.6 Å². The SMILES string of the molecule is O=C(Cc1c(F)c(F)c(F)c(F)c1F)Nc1nc2c(nc1CCC1CCCCC1)-c1ccc(CO)cc1CC2. The van der Waals surface area contributed by atoms with Gasteiger partial charge in [-0.3, -0.25) is 4.79 Å². The van der Waals surface area contributed by atoms with E-state index in [4.69, 9.17) is 4.98 Å². The molecule has 1 heterocycles. The number of amides is 1. The van der Waals surface area contributed by atoms with Crippen LogP contribution in [0.2, 0.25) is 0 Å². The molecule has 1 fully saturated rings.